The molecule has 0 N–H and O–H groups in total. The number of sulfone groups is 1. The van der Waals surface area contributed by atoms with E-state index in [1.54, 1.807) is 36.4 Å². The maximum absolute atomic E-state index is 13.5. The molecule has 0 aliphatic heterocycles. The molecule has 186 valence electrons. The minimum absolute atomic E-state index is 0.0475. The van der Waals surface area contributed by atoms with E-state index in [9.17, 15) is 8.42 Å². The first-order chi connectivity index (χ1) is 16.9. The predicted molar refractivity (Wildman–Crippen MR) is 141 cm³/mol. The first-order valence-electron chi connectivity index (χ1n) is 12.1. The van der Waals surface area contributed by atoms with Crippen LogP contribution >= 0.6 is 0 Å². The van der Waals surface area contributed by atoms with Crippen LogP contribution in [0, 0.1) is 0 Å². The predicted octanol–water partition coefficient (Wildman–Crippen LogP) is 7.45. The summed E-state index contributed by atoms with van der Waals surface area (Å²) in [5.74, 6) is 1.05. The van der Waals surface area contributed by atoms with E-state index >= 15 is 0 Å². The van der Waals surface area contributed by atoms with Gasteiger partial charge in [-0.25, -0.2) is 18.4 Å². The van der Waals surface area contributed by atoms with Crippen molar-refractivity contribution in [2.24, 2.45) is 0 Å². The van der Waals surface area contributed by atoms with Gasteiger partial charge in [-0.15, -0.1) is 0 Å². The summed E-state index contributed by atoms with van der Waals surface area (Å²) in [4.78, 5) is 9.45. The third-order valence-electron chi connectivity index (χ3n) is 6.80. The van der Waals surface area contributed by atoms with Crippen LogP contribution in [0.25, 0.3) is 33.7 Å². The molecule has 6 nitrogen and oxygen atoms in total. The Morgan fingerprint density at radius 1 is 0.750 bits per heavy atom. The molecule has 0 atom stereocenters. The van der Waals surface area contributed by atoms with Crippen molar-refractivity contribution < 1.29 is 17.3 Å². The normalized spacial score (nSPS) is 13.1. The molecule has 2 heterocycles. The molecule has 0 bridgehead atoms. The number of rotatable bonds is 5. The van der Waals surface area contributed by atoms with Crippen molar-refractivity contribution >= 4 is 32.0 Å². The summed E-state index contributed by atoms with van der Waals surface area (Å²) in [6.45, 7) is 12.7. The zero-order valence-electron chi connectivity index (χ0n) is 21.4. The standard InChI is InChI=1S/C29H30N2O4S/c1-7-29(5,6)27-31-23-17-21(13-15-25(23)35-27)36(32,33)20-12-14-24-22(16-20)30-26(34-24)18-8-10-19(11-9-18)28(2,3)4/h8-17H,7H2,1-6H3. The van der Waals surface area contributed by atoms with E-state index < -0.39 is 9.84 Å². The van der Waals surface area contributed by atoms with Crippen molar-refractivity contribution in [1.82, 2.24) is 9.97 Å². The zero-order chi connectivity index (χ0) is 25.9. The molecule has 0 spiro atoms. The van der Waals surface area contributed by atoms with Crippen LogP contribution in [-0.2, 0) is 20.7 Å². The van der Waals surface area contributed by atoms with Gasteiger partial charge in [-0.05, 0) is 65.9 Å². The van der Waals surface area contributed by atoms with Crippen LogP contribution in [0.2, 0.25) is 0 Å². The van der Waals surface area contributed by atoms with Gasteiger partial charge in [0.2, 0.25) is 21.6 Å². The molecule has 0 saturated heterocycles. The number of hydrogen-bond donors (Lipinski definition) is 0. The minimum Gasteiger partial charge on any atom is -0.440 e. The molecule has 0 saturated carbocycles. The van der Waals surface area contributed by atoms with Crippen LogP contribution in [0.15, 0.2) is 79.3 Å². The molecule has 0 fully saturated rings. The van der Waals surface area contributed by atoms with E-state index in [1.807, 2.05) is 12.1 Å². The molecular formula is C29H30N2O4S. The molecule has 5 aromatic rings. The van der Waals surface area contributed by atoms with Crippen molar-refractivity contribution in [1.29, 1.82) is 0 Å². The molecule has 36 heavy (non-hydrogen) atoms. The fourth-order valence-electron chi connectivity index (χ4n) is 3.96. The fourth-order valence-corrected chi connectivity index (χ4v) is 5.26. The van der Waals surface area contributed by atoms with Gasteiger partial charge in [0.1, 0.15) is 11.0 Å². The highest BCUT2D eigenvalue weighted by Gasteiger charge is 2.26. The second kappa shape index (κ2) is 8.30. The first kappa shape index (κ1) is 24.3. The van der Waals surface area contributed by atoms with Crippen molar-refractivity contribution in [2.45, 2.75) is 68.6 Å². The van der Waals surface area contributed by atoms with E-state index in [0.717, 1.165) is 12.0 Å². The van der Waals surface area contributed by atoms with Gasteiger partial charge < -0.3 is 8.83 Å². The Kier molecular flexibility index (Phi) is 5.59. The summed E-state index contributed by atoms with van der Waals surface area (Å²) in [6, 6.07) is 17.6. The Balaban J connectivity index is 1.50. The van der Waals surface area contributed by atoms with Crippen LogP contribution < -0.4 is 0 Å². The topological polar surface area (TPSA) is 86.2 Å². The molecule has 5 rings (SSSR count). The van der Waals surface area contributed by atoms with Crippen LogP contribution in [0.5, 0.6) is 0 Å². The Hall–Kier alpha value is -3.45. The van der Waals surface area contributed by atoms with Crippen molar-refractivity contribution in [3.63, 3.8) is 0 Å². The van der Waals surface area contributed by atoms with E-state index in [1.165, 1.54) is 5.56 Å². The lowest BCUT2D eigenvalue weighted by molar-refractivity contribution is 0.374. The summed E-state index contributed by atoms with van der Waals surface area (Å²) < 4.78 is 38.8. The summed E-state index contributed by atoms with van der Waals surface area (Å²) in [5.41, 5.74) is 3.97. The maximum atomic E-state index is 13.5. The average Bonchev–Trinajstić information content (AvgIpc) is 3.47. The van der Waals surface area contributed by atoms with Gasteiger partial charge in [0.25, 0.3) is 0 Å². The summed E-state index contributed by atoms with van der Waals surface area (Å²) in [5, 5.41) is 0. The van der Waals surface area contributed by atoms with Gasteiger partial charge >= 0.3 is 0 Å². The molecule has 2 aromatic heterocycles. The minimum atomic E-state index is -3.79. The van der Waals surface area contributed by atoms with Crippen LogP contribution in [-0.4, -0.2) is 18.4 Å². The molecule has 0 unspecified atom stereocenters. The van der Waals surface area contributed by atoms with Gasteiger partial charge in [-0.3, -0.25) is 0 Å². The van der Waals surface area contributed by atoms with Crippen LogP contribution in [0.3, 0.4) is 0 Å². The second-order valence-corrected chi connectivity index (χ2v) is 12.8. The summed E-state index contributed by atoms with van der Waals surface area (Å²) in [6.07, 6.45) is 0.853. The lowest BCUT2D eigenvalue weighted by atomic mass is 9.87. The van der Waals surface area contributed by atoms with Gasteiger partial charge in [0, 0.05) is 11.0 Å². The highest BCUT2D eigenvalue weighted by atomic mass is 32.2. The third-order valence-corrected chi connectivity index (χ3v) is 8.55. The van der Waals surface area contributed by atoms with E-state index in [-0.39, 0.29) is 20.6 Å². The SMILES string of the molecule is CCC(C)(C)c1nc2cc(S(=O)(=O)c3ccc4oc(-c5ccc(C(C)(C)C)cc5)nc4c3)ccc2o1. The molecular weight excluding hydrogens is 472 g/mol. The lowest BCUT2D eigenvalue weighted by Crippen LogP contribution is -2.15. The average molecular weight is 503 g/mol. The Bertz CT molecular complexity index is 1690. The van der Waals surface area contributed by atoms with Crippen molar-refractivity contribution in [2.75, 3.05) is 0 Å². The Morgan fingerprint density at radius 3 is 1.86 bits per heavy atom. The number of hydrogen-bond acceptors (Lipinski definition) is 6. The highest BCUT2D eigenvalue weighted by molar-refractivity contribution is 7.91. The van der Waals surface area contributed by atoms with Gasteiger partial charge in [-0.2, -0.15) is 0 Å². The number of aromatic nitrogens is 2. The molecule has 7 heteroatoms. The second-order valence-electron chi connectivity index (χ2n) is 10.9. The number of fused-ring (bicyclic) bond motifs is 2. The molecule has 0 aliphatic carbocycles. The van der Waals surface area contributed by atoms with Gasteiger partial charge in [0.05, 0.1) is 9.79 Å². The largest absolute Gasteiger partial charge is 0.440 e. The lowest BCUT2D eigenvalue weighted by Gasteiger charge is -2.18. The summed E-state index contributed by atoms with van der Waals surface area (Å²) in [7, 11) is -3.79. The molecule has 0 radical (unpaired) electrons. The van der Waals surface area contributed by atoms with Crippen molar-refractivity contribution in [3.05, 3.63) is 72.1 Å². The van der Waals surface area contributed by atoms with Gasteiger partial charge in [0.15, 0.2) is 11.2 Å². The van der Waals surface area contributed by atoms with Crippen LogP contribution in [0.4, 0.5) is 0 Å². The molecule has 0 amide bonds. The molecule has 3 aromatic carbocycles. The smallest absolute Gasteiger partial charge is 0.227 e. The Morgan fingerprint density at radius 2 is 1.31 bits per heavy atom. The monoisotopic (exact) mass is 502 g/mol. The first-order valence-corrected chi connectivity index (χ1v) is 13.5. The van der Waals surface area contributed by atoms with Gasteiger partial charge in [-0.1, -0.05) is 53.7 Å². The van der Waals surface area contributed by atoms with Crippen LogP contribution in [0.1, 0.15) is 59.4 Å². The third kappa shape index (κ3) is 4.22. The maximum Gasteiger partial charge on any atom is 0.227 e. The molecule has 0 aliphatic rings. The van der Waals surface area contributed by atoms with E-state index in [4.69, 9.17) is 8.83 Å². The van der Waals surface area contributed by atoms with E-state index in [0.29, 0.717) is 34.0 Å². The number of benzene rings is 3. The summed E-state index contributed by atoms with van der Waals surface area (Å²) >= 11 is 0. The number of nitrogens with zero attached hydrogens (tertiary/aromatic N) is 2. The number of oxazole rings is 2. The van der Waals surface area contributed by atoms with Crippen molar-refractivity contribution in [3.8, 4) is 11.5 Å². The quantitative estimate of drug-likeness (QED) is 0.248. The Labute approximate surface area is 211 Å². The zero-order valence-corrected chi connectivity index (χ0v) is 22.2. The van der Waals surface area contributed by atoms with E-state index in [2.05, 4.69) is 63.6 Å². The fraction of sp³-hybridized carbons (Fsp3) is 0.310. The highest BCUT2D eigenvalue weighted by Crippen LogP contribution is 2.33.